The number of nitrogens with one attached hydrogen (secondary N) is 1. The molecule has 25 heavy (non-hydrogen) atoms. The normalized spacial score (nSPS) is 14.6. The third kappa shape index (κ3) is 17.0. The summed E-state index contributed by atoms with van der Waals surface area (Å²) in [5.41, 5.74) is 0. The van der Waals surface area contributed by atoms with Gasteiger partial charge in [0.05, 0.1) is 18.0 Å². The van der Waals surface area contributed by atoms with Gasteiger partial charge in [-0.1, -0.05) is 64.7 Å². The highest BCUT2D eigenvalue weighted by molar-refractivity contribution is 7.86. The Bertz CT molecular complexity index is 389. The molecule has 3 N–H and O–H groups in total. The maximum Gasteiger partial charge on any atom is 0.268 e. The Balaban J connectivity index is 3.31. The summed E-state index contributed by atoms with van der Waals surface area (Å²) in [6.07, 6.45) is 12.1. The Kier molecular flexibility index (Phi) is 15.9. The second kappa shape index (κ2) is 16.0. The van der Waals surface area contributed by atoms with Crippen LogP contribution in [0.4, 0.5) is 0 Å². The molecule has 0 aromatic rings. The van der Waals surface area contributed by atoms with Crippen molar-refractivity contribution in [2.75, 3.05) is 26.3 Å². The summed E-state index contributed by atoms with van der Waals surface area (Å²) in [5.74, 6) is 0. The van der Waals surface area contributed by atoms with Crippen molar-refractivity contribution in [1.29, 1.82) is 0 Å². The largest absolute Gasteiger partial charge is 0.389 e. The molecule has 0 rings (SSSR count). The smallest absolute Gasteiger partial charge is 0.268 e. The lowest BCUT2D eigenvalue weighted by Gasteiger charge is -2.14. The van der Waals surface area contributed by atoms with Crippen molar-refractivity contribution in [1.82, 2.24) is 5.32 Å². The average molecular weight is 382 g/mol. The molecule has 6 nitrogen and oxygen atoms in total. The highest BCUT2D eigenvalue weighted by atomic mass is 32.2. The summed E-state index contributed by atoms with van der Waals surface area (Å²) in [6.45, 7) is 4.89. The van der Waals surface area contributed by atoms with Crippen LogP contribution in [-0.2, 0) is 14.9 Å². The number of rotatable bonds is 18. The first-order valence-corrected chi connectivity index (χ1v) is 11.3. The van der Waals surface area contributed by atoms with Crippen molar-refractivity contribution in [3.05, 3.63) is 0 Å². The Morgan fingerprint density at radius 1 is 0.920 bits per heavy atom. The van der Waals surface area contributed by atoms with E-state index < -0.39 is 21.5 Å². The van der Waals surface area contributed by atoms with Gasteiger partial charge in [-0.15, -0.1) is 0 Å². The molecule has 0 aromatic heterocycles. The molecule has 0 heterocycles. The van der Waals surface area contributed by atoms with Crippen LogP contribution in [0.1, 0.15) is 78.1 Å². The third-order valence-electron chi connectivity index (χ3n) is 4.27. The molecule has 0 spiro atoms. The number of ether oxygens (including phenoxy) is 1. The van der Waals surface area contributed by atoms with Gasteiger partial charge in [0.2, 0.25) is 0 Å². The van der Waals surface area contributed by atoms with Crippen LogP contribution in [-0.4, -0.2) is 55.7 Å². The van der Waals surface area contributed by atoms with Gasteiger partial charge < -0.3 is 15.2 Å². The van der Waals surface area contributed by atoms with E-state index in [9.17, 15) is 13.5 Å². The van der Waals surface area contributed by atoms with Gasteiger partial charge in [0.15, 0.2) is 0 Å². The van der Waals surface area contributed by atoms with Crippen LogP contribution in [0.25, 0.3) is 0 Å². The van der Waals surface area contributed by atoms with E-state index in [-0.39, 0.29) is 19.7 Å². The molecule has 0 aliphatic carbocycles. The lowest BCUT2D eigenvalue weighted by atomic mass is 10.1. The van der Waals surface area contributed by atoms with E-state index >= 15 is 0 Å². The number of aliphatic hydroxyl groups is 1. The van der Waals surface area contributed by atoms with Crippen molar-refractivity contribution in [2.24, 2.45) is 0 Å². The molecule has 0 fully saturated rings. The lowest BCUT2D eigenvalue weighted by molar-refractivity contribution is 0.0355. The minimum Gasteiger partial charge on any atom is -0.389 e. The van der Waals surface area contributed by atoms with Crippen LogP contribution in [0.3, 0.4) is 0 Å². The van der Waals surface area contributed by atoms with Gasteiger partial charge in [-0.25, -0.2) is 0 Å². The van der Waals surface area contributed by atoms with E-state index in [2.05, 4.69) is 12.2 Å². The average Bonchev–Trinajstić information content (AvgIpc) is 2.55. The second-order valence-corrected chi connectivity index (χ2v) is 8.73. The van der Waals surface area contributed by atoms with Gasteiger partial charge in [0, 0.05) is 19.7 Å². The van der Waals surface area contributed by atoms with E-state index in [0.717, 1.165) is 12.8 Å². The molecule has 0 bridgehead atoms. The van der Waals surface area contributed by atoms with Crippen molar-refractivity contribution in [3.8, 4) is 0 Å². The summed E-state index contributed by atoms with van der Waals surface area (Å²) in [7, 11) is -4.02. The molecular formula is C18H39NO5S. The fourth-order valence-electron chi connectivity index (χ4n) is 2.53. The third-order valence-corrected chi connectivity index (χ3v) is 5.46. The Hall–Kier alpha value is -0.210. The summed E-state index contributed by atoms with van der Waals surface area (Å²) in [4.78, 5) is 0. The van der Waals surface area contributed by atoms with Crippen LogP contribution in [0.2, 0.25) is 0 Å². The predicted octanol–water partition coefficient (Wildman–Crippen LogP) is 3.15. The fourth-order valence-corrected chi connectivity index (χ4v) is 2.86. The van der Waals surface area contributed by atoms with Gasteiger partial charge in [-0.05, 0) is 13.3 Å². The highest BCUT2D eigenvalue weighted by Crippen LogP contribution is 2.10. The van der Waals surface area contributed by atoms with Crippen LogP contribution >= 0.6 is 0 Å². The van der Waals surface area contributed by atoms with E-state index in [1.54, 1.807) is 0 Å². The van der Waals surface area contributed by atoms with E-state index in [1.807, 2.05) is 0 Å². The molecule has 0 saturated heterocycles. The summed E-state index contributed by atoms with van der Waals surface area (Å²) < 4.78 is 35.9. The SMILES string of the molecule is CCCCCCCCCCCCOCC(O)CNCC(C)S(=O)(=O)O. The minimum absolute atomic E-state index is 0.105. The first kappa shape index (κ1) is 24.8. The first-order chi connectivity index (χ1) is 11.9. The van der Waals surface area contributed by atoms with E-state index in [0.29, 0.717) is 6.61 Å². The standard InChI is InChI=1S/C18H39NO5S/c1-3-4-5-6-7-8-9-10-11-12-13-24-16-18(20)15-19-14-17(2)25(21,22)23/h17-20H,3-16H2,1-2H3,(H,21,22,23). The molecule has 0 saturated carbocycles. The Labute approximate surface area is 154 Å². The van der Waals surface area contributed by atoms with Gasteiger partial charge in [0.1, 0.15) is 0 Å². The molecule has 7 heteroatoms. The van der Waals surface area contributed by atoms with Crippen molar-refractivity contribution in [3.63, 3.8) is 0 Å². The maximum absolute atomic E-state index is 10.8. The molecule has 152 valence electrons. The molecule has 0 aliphatic heterocycles. The lowest BCUT2D eigenvalue weighted by Crippen LogP contribution is -2.37. The maximum atomic E-state index is 10.8. The quantitative estimate of drug-likeness (QED) is 0.249. The minimum atomic E-state index is -4.02. The Morgan fingerprint density at radius 3 is 1.96 bits per heavy atom. The zero-order valence-corrected chi connectivity index (χ0v) is 16.9. The van der Waals surface area contributed by atoms with Crippen molar-refractivity contribution in [2.45, 2.75) is 89.4 Å². The zero-order chi connectivity index (χ0) is 19.0. The first-order valence-electron chi connectivity index (χ1n) is 9.80. The summed E-state index contributed by atoms with van der Waals surface area (Å²) in [6, 6.07) is 0. The predicted molar refractivity (Wildman–Crippen MR) is 103 cm³/mol. The van der Waals surface area contributed by atoms with Crippen molar-refractivity contribution >= 4 is 10.1 Å². The highest BCUT2D eigenvalue weighted by Gasteiger charge is 2.16. The molecule has 0 aromatic carbocycles. The zero-order valence-electron chi connectivity index (χ0n) is 16.1. The number of hydrogen-bond donors (Lipinski definition) is 3. The number of unbranched alkanes of at least 4 members (excludes halogenated alkanes) is 9. The molecule has 2 atom stereocenters. The molecule has 2 unspecified atom stereocenters. The number of aliphatic hydroxyl groups excluding tert-OH is 1. The summed E-state index contributed by atoms with van der Waals surface area (Å²) >= 11 is 0. The molecule has 0 amide bonds. The fraction of sp³-hybridized carbons (Fsp3) is 1.00. The van der Waals surface area contributed by atoms with Crippen LogP contribution in [0.5, 0.6) is 0 Å². The van der Waals surface area contributed by atoms with E-state index in [4.69, 9.17) is 9.29 Å². The summed E-state index contributed by atoms with van der Waals surface area (Å²) in [5, 5.41) is 11.7. The Morgan fingerprint density at radius 2 is 1.44 bits per heavy atom. The van der Waals surface area contributed by atoms with Crippen LogP contribution in [0.15, 0.2) is 0 Å². The van der Waals surface area contributed by atoms with Crippen LogP contribution in [0, 0.1) is 0 Å². The topological polar surface area (TPSA) is 95.9 Å². The van der Waals surface area contributed by atoms with Gasteiger partial charge in [-0.2, -0.15) is 8.42 Å². The monoisotopic (exact) mass is 381 g/mol. The van der Waals surface area contributed by atoms with E-state index in [1.165, 1.54) is 58.3 Å². The molecular weight excluding hydrogens is 342 g/mol. The van der Waals surface area contributed by atoms with Crippen molar-refractivity contribution < 1.29 is 22.8 Å². The number of hydrogen-bond acceptors (Lipinski definition) is 5. The molecule has 0 aliphatic rings. The van der Waals surface area contributed by atoms with Gasteiger partial charge >= 0.3 is 0 Å². The van der Waals surface area contributed by atoms with Crippen LogP contribution < -0.4 is 5.32 Å². The molecule has 0 radical (unpaired) electrons. The second-order valence-electron chi connectivity index (χ2n) is 6.89. The van der Waals surface area contributed by atoms with Gasteiger partial charge in [-0.3, -0.25) is 4.55 Å². The van der Waals surface area contributed by atoms with Gasteiger partial charge in [0.25, 0.3) is 10.1 Å².